The molecule has 0 bridgehead atoms. The summed E-state index contributed by atoms with van der Waals surface area (Å²) in [6, 6.07) is 20.4. The Bertz CT molecular complexity index is 1290. The van der Waals surface area contributed by atoms with Crippen LogP contribution in [0.2, 0.25) is 5.02 Å². The summed E-state index contributed by atoms with van der Waals surface area (Å²) >= 11 is 7.21. The largest absolute Gasteiger partial charge is 0.345 e. The summed E-state index contributed by atoms with van der Waals surface area (Å²) in [6.07, 6.45) is 0. The van der Waals surface area contributed by atoms with E-state index in [-0.39, 0.29) is 24.1 Å². The molecule has 7 nitrogen and oxygen atoms in total. The van der Waals surface area contributed by atoms with Gasteiger partial charge in [0.25, 0.3) is 5.91 Å². The van der Waals surface area contributed by atoms with Gasteiger partial charge in [-0.3, -0.25) is 9.59 Å². The molecule has 4 rings (SSSR count). The number of rotatable bonds is 7. The van der Waals surface area contributed by atoms with Crippen LogP contribution in [0.15, 0.2) is 71.9 Å². The van der Waals surface area contributed by atoms with Gasteiger partial charge in [-0.25, -0.2) is 0 Å². The average Bonchev–Trinajstić information content (AvgIpc) is 3.15. The number of halogens is 1. The fraction of sp³-hybridized carbons (Fsp3) is 0.130. The maximum Gasteiger partial charge on any atom is 0.251 e. The first-order valence-corrected chi connectivity index (χ1v) is 11.2. The Hall–Kier alpha value is -3.36. The molecule has 0 radical (unpaired) electrons. The average molecular weight is 466 g/mol. The van der Waals surface area contributed by atoms with Crippen LogP contribution >= 0.6 is 23.4 Å². The Kier molecular flexibility index (Phi) is 6.72. The van der Waals surface area contributed by atoms with Crippen LogP contribution in [0, 0.1) is 0 Å². The monoisotopic (exact) mass is 465 g/mol. The number of hydrogen-bond acceptors (Lipinski definition) is 5. The zero-order valence-electron chi connectivity index (χ0n) is 17.2. The van der Waals surface area contributed by atoms with Crippen LogP contribution in [0.3, 0.4) is 0 Å². The van der Waals surface area contributed by atoms with Gasteiger partial charge in [0.15, 0.2) is 11.0 Å². The molecular weight excluding hydrogens is 446 g/mol. The Labute approximate surface area is 194 Å². The molecule has 2 amide bonds. The van der Waals surface area contributed by atoms with Crippen LogP contribution in [0.5, 0.6) is 0 Å². The number of nitrogens with one attached hydrogen (secondary N) is 2. The maximum atomic E-state index is 12.5. The van der Waals surface area contributed by atoms with Gasteiger partial charge in [-0.15, -0.1) is 10.2 Å². The lowest BCUT2D eigenvalue weighted by Crippen LogP contribution is -2.24. The van der Waals surface area contributed by atoms with Gasteiger partial charge in [-0.1, -0.05) is 65.8 Å². The van der Waals surface area contributed by atoms with Gasteiger partial charge in [0.2, 0.25) is 5.91 Å². The number of carbonyl (C=O) groups is 2. The molecule has 0 unspecified atom stereocenters. The molecule has 1 aromatic heterocycles. The second-order valence-electron chi connectivity index (χ2n) is 7.01. The van der Waals surface area contributed by atoms with Crippen LogP contribution in [-0.2, 0) is 18.4 Å². The van der Waals surface area contributed by atoms with E-state index < -0.39 is 0 Å². The van der Waals surface area contributed by atoms with Crippen molar-refractivity contribution < 1.29 is 9.59 Å². The van der Waals surface area contributed by atoms with Gasteiger partial charge in [0.1, 0.15) is 0 Å². The van der Waals surface area contributed by atoms with Crippen molar-refractivity contribution >= 4 is 51.6 Å². The highest BCUT2D eigenvalue weighted by atomic mass is 35.5. The van der Waals surface area contributed by atoms with Gasteiger partial charge >= 0.3 is 0 Å². The van der Waals surface area contributed by atoms with Crippen molar-refractivity contribution in [1.29, 1.82) is 0 Å². The summed E-state index contributed by atoms with van der Waals surface area (Å²) in [5.41, 5.74) is 1.25. The number of aromatic nitrogens is 3. The lowest BCUT2D eigenvalue weighted by Gasteiger charge is -2.09. The standard InChI is InChI=1S/C23H20ClN5O2S/c1-29-20(13-25-22(31)16-8-4-9-17(24)12-16)27-28-23(29)32-14-21(30)26-19-11-5-7-15-6-2-3-10-18(15)19/h2-12H,13-14H2,1H3,(H,25,31)(H,26,30). The number of benzene rings is 3. The van der Waals surface area contributed by atoms with E-state index in [1.807, 2.05) is 42.5 Å². The predicted octanol–water partition coefficient (Wildman–Crippen LogP) is 4.28. The van der Waals surface area contributed by atoms with E-state index in [9.17, 15) is 9.59 Å². The number of thioether (sulfide) groups is 1. The first-order chi connectivity index (χ1) is 15.5. The highest BCUT2D eigenvalue weighted by Crippen LogP contribution is 2.23. The van der Waals surface area contributed by atoms with Crippen LogP contribution in [0.25, 0.3) is 10.8 Å². The number of amides is 2. The molecule has 0 aliphatic heterocycles. The topological polar surface area (TPSA) is 88.9 Å². The molecular formula is C23H20ClN5O2S. The molecule has 0 aliphatic rings. The molecule has 162 valence electrons. The molecule has 2 N–H and O–H groups in total. The summed E-state index contributed by atoms with van der Waals surface area (Å²) in [5, 5.41) is 17.2. The van der Waals surface area contributed by atoms with E-state index in [4.69, 9.17) is 11.6 Å². The van der Waals surface area contributed by atoms with Crippen LogP contribution in [-0.4, -0.2) is 32.3 Å². The zero-order chi connectivity index (χ0) is 22.5. The Morgan fingerprint density at radius 3 is 2.66 bits per heavy atom. The minimum Gasteiger partial charge on any atom is -0.345 e. The molecule has 0 saturated carbocycles. The minimum atomic E-state index is -0.251. The lowest BCUT2D eigenvalue weighted by molar-refractivity contribution is -0.113. The van der Waals surface area contributed by atoms with Crippen molar-refractivity contribution in [3.8, 4) is 0 Å². The van der Waals surface area contributed by atoms with Crippen molar-refractivity contribution in [3.05, 3.63) is 83.1 Å². The van der Waals surface area contributed by atoms with E-state index in [1.54, 1.807) is 35.9 Å². The fourth-order valence-electron chi connectivity index (χ4n) is 3.17. The van der Waals surface area contributed by atoms with Gasteiger partial charge < -0.3 is 15.2 Å². The first-order valence-electron chi connectivity index (χ1n) is 9.84. The van der Waals surface area contributed by atoms with E-state index >= 15 is 0 Å². The second kappa shape index (κ2) is 9.84. The lowest BCUT2D eigenvalue weighted by atomic mass is 10.1. The second-order valence-corrected chi connectivity index (χ2v) is 8.39. The molecule has 0 aliphatic carbocycles. The van der Waals surface area contributed by atoms with Gasteiger partial charge in [0.05, 0.1) is 12.3 Å². The van der Waals surface area contributed by atoms with Crippen molar-refractivity contribution in [3.63, 3.8) is 0 Å². The third-order valence-corrected chi connectivity index (χ3v) is 6.07. The third kappa shape index (κ3) is 5.09. The van der Waals surface area contributed by atoms with Crippen LogP contribution in [0.4, 0.5) is 5.69 Å². The normalized spacial score (nSPS) is 10.8. The summed E-state index contributed by atoms with van der Waals surface area (Å²) in [7, 11) is 1.80. The molecule has 1 heterocycles. The summed E-state index contributed by atoms with van der Waals surface area (Å²) < 4.78 is 1.76. The van der Waals surface area contributed by atoms with Crippen molar-refractivity contribution in [2.75, 3.05) is 11.1 Å². The molecule has 9 heteroatoms. The predicted molar refractivity (Wildman–Crippen MR) is 127 cm³/mol. The zero-order valence-corrected chi connectivity index (χ0v) is 18.8. The molecule has 32 heavy (non-hydrogen) atoms. The minimum absolute atomic E-state index is 0.134. The highest BCUT2D eigenvalue weighted by molar-refractivity contribution is 7.99. The van der Waals surface area contributed by atoms with Crippen molar-refractivity contribution in [1.82, 2.24) is 20.1 Å². The highest BCUT2D eigenvalue weighted by Gasteiger charge is 2.14. The van der Waals surface area contributed by atoms with E-state index in [2.05, 4.69) is 20.8 Å². The maximum absolute atomic E-state index is 12.5. The summed E-state index contributed by atoms with van der Waals surface area (Å²) in [5.74, 6) is 0.381. The summed E-state index contributed by atoms with van der Waals surface area (Å²) in [4.78, 5) is 24.8. The first kappa shape index (κ1) is 21.9. The number of nitrogens with zero attached hydrogens (tertiary/aromatic N) is 3. The van der Waals surface area contributed by atoms with Gasteiger partial charge in [-0.05, 0) is 29.7 Å². The molecule has 4 aromatic rings. The quantitative estimate of drug-likeness (QED) is 0.397. The van der Waals surface area contributed by atoms with E-state index in [0.717, 1.165) is 16.5 Å². The molecule has 3 aromatic carbocycles. The Balaban J connectivity index is 1.33. The molecule has 0 saturated heterocycles. The summed E-state index contributed by atoms with van der Waals surface area (Å²) in [6.45, 7) is 0.206. The molecule has 0 fully saturated rings. The molecule has 0 atom stereocenters. The number of hydrogen-bond donors (Lipinski definition) is 2. The van der Waals surface area contributed by atoms with Crippen molar-refractivity contribution in [2.24, 2.45) is 7.05 Å². The van der Waals surface area contributed by atoms with E-state index in [1.165, 1.54) is 11.8 Å². The van der Waals surface area contributed by atoms with E-state index in [0.29, 0.717) is 21.6 Å². The Morgan fingerprint density at radius 1 is 1.03 bits per heavy atom. The number of fused-ring (bicyclic) bond motifs is 1. The number of carbonyl (C=O) groups excluding carboxylic acids is 2. The molecule has 0 spiro atoms. The van der Waals surface area contributed by atoms with Crippen molar-refractivity contribution in [2.45, 2.75) is 11.7 Å². The van der Waals surface area contributed by atoms with Gasteiger partial charge in [-0.2, -0.15) is 0 Å². The SMILES string of the molecule is Cn1c(CNC(=O)c2cccc(Cl)c2)nnc1SCC(=O)Nc1cccc2ccccc12. The number of anilines is 1. The Morgan fingerprint density at radius 2 is 1.81 bits per heavy atom. The van der Waals surface area contributed by atoms with Gasteiger partial charge in [0, 0.05) is 28.7 Å². The smallest absolute Gasteiger partial charge is 0.251 e. The van der Waals surface area contributed by atoms with Crippen LogP contribution in [0.1, 0.15) is 16.2 Å². The van der Waals surface area contributed by atoms with Crippen LogP contribution < -0.4 is 10.6 Å². The fourth-order valence-corrected chi connectivity index (χ4v) is 4.09. The third-order valence-electron chi connectivity index (χ3n) is 4.82.